The number of hydrogen-bond donors (Lipinski definition) is 1. The molecular formula is C14H19F2NOS. The van der Waals surface area contributed by atoms with Gasteiger partial charge in [-0.05, 0) is 44.9 Å². The van der Waals surface area contributed by atoms with Crippen molar-refractivity contribution in [2.24, 2.45) is 0 Å². The normalized spacial score (nSPS) is 15.0. The second-order valence-corrected chi connectivity index (χ2v) is 7.28. The molecule has 0 bridgehead atoms. The molecule has 1 aromatic rings. The van der Waals surface area contributed by atoms with Crippen LogP contribution < -0.4 is 4.72 Å². The molecule has 0 aliphatic heterocycles. The van der Waals surface area contributed by atoms with E-state index < -0.39 is 33.4 Å². The van der Waals surface area contributed by atoms with E-state index >= 15 is 0 Å². The van der Waals surface area contributed by atoms with E-state index in [1.165, 1.54) is 12.1 Å². The van der Waals surface area contributed by atoms with Gasteiger partial charge in [-0.15, -0.1) is 6.58 Å². The molecule has 0 heterocycles. The third-order valence-corrected chi connectivity index (χ3v) is 4.11. The largest absolute Gasteiger partial charge is 0.242 e. The molecule has 1 rings (SSSR count). The minimum atomic E-state index is -1.33. The van der Waals surface area contributed by atoms with Crippen molar-refractivity contribution >= 4 is 11.0 Å². The minimum Gasteiger partial charge on any atom is -0.242 e. The van der Waals surface area contributed by atoms with E-state index in [0.29, 0.717) is 12.0 Å². The summed E-state index contributed by atoms with van der Waals surface area (Å²) in [4.78, 5) is 0. The lowest BCUT2D eigenvalue weighted by atomic mass is 10.0. The summed E-state index contributed by atoms with van der Waals surface area (Å²) >= 11 is 0. The molecule has 0 saturated heterocycles. The Morgan fingerprint density at radius 3 is 2.26 bits per heavy atom. The van der Waals surface area contributed by atoms with Gasteiger partial charge in [0.15, 0.2) is 0 Å². The van der Waals surface area contributed by atoms with Gasteiger partial charge >= 0.3 is 0 Å². The molecule has 0 aliphatic rings. The first-order chi connectivity index (χ1) is 8.74. The van der Waals surface area contributed by atoms with Crippen LogP contribution in [0.2, 0.25) is 0 Å². The lowest BCUT2D eigenvalue weighted by Gasteiger charge is -2.24. The van der Waals surface area contributed by atoms with Crippen molar-refractivity contribution < 1.29 is 13.0 Å². The van der Waals surface area contributed by atoms with E-state index in [1.54, 1.807) is 6.08 Å². The Kier molecular flexibility index (Phi) is 5.38. The van der Waals surface area contributed by atoms with Gasteiger partial charge < -0.3 is 0 Å². The molecule has 2 nitrogen and oxygen atoms in total. The number of halogens is 2. The van der Waals surface area contributed by atoms with E-state index in [-0.39, 0.29) is 0 Å². The zero-order valence-electron chi connectivity index (χ0n) is 11.4. The van der Waals surface area contributed by atoms with Gasteiger partial charge in [0, 0.05) is 12.1 Å². The van der Waals surface area contributed by atoms with Gasteiger partial charge in [-0.1, -0.05) is 6.08 Å². The van der Waals surface area contributed by atoms with E-state index in [4.69, 9.17) is 0 Å². The Bertz CT molecular complexity index is 463. The Balaban J connectivity index is 3.00. The third kappa shape index (κ3) is 4.84. The topological polar surface area (TPSA) is 29.1 Å². The van der Waals surface area contributed by atoms with Crippen LogP contribution in [0.25, 0.3) is 0 Å². The summed E-state index contributed by atoms with van der Waals surface area (Å²) in [6.07, 6.45) is 2.06. The van der Waals surface area contributed by atoms with Gasteiger partial charge in [-0.25, -0.2) is 17.7 Å². The fourth-order valence-electron chi connectivity index (χ4n) is 1.50. The van der Waals surface area contributed by atoms with Crippen molar-refractivity contribution in [3.05, 3.63) is 48.1 Å². The smallest absolute Gasteiger partial charge is 0.126 e. The lowest BCUT2D eigenvalue weighted by Crippen LogP contribution is -2.35. The summed E-state index contributed by atoms with van der Waals surface area (Å²) in [6.45, 7) is 9.09. The molecule has 19 heavy (non-hydrogen) atoms. The molecule has 0 saturated carbocycles. The van der Waals surface area contributed by atoms with Gasteiger partial charge in [0.05, 0.1) is 15.7 Å². The Hall–Kier alpha value is -1.07. The van der Waals surface area contributed by atoms with Crippen LogP contribution in [-0.2, 0) is 11.0 Å². The first-order valence-corrected chi connectivity index (χ1v) is 7.14. The van der Waals surface area contributed by atoms with Crippen LogP contribution in [0, 0.1) is 11.6 Å². The van der Waals surface area contributed by atoms with Crippen molar-refractivity contribution in [2.45, 2.75) is 38.0 Å². The van der Waals surface area contributed by atoms with Crippen LogP contribution in [-0.4, -0.2) is 8.96 Å². The lowest BCUT2D eigenvalue weighted by molar-refractivity contribution is 0.563. The molecule has 106 valence electrons. The third-order valence-electron chi connectivity index (χ3n) is 2.50. The van der Waals surface area contributed by atoms with E-state index in [1.807, 2.05) is 20.8 Å². The number of hydrogen-bond acceptors (Lipinski definition) is 1. The molecule has 5 heteroatoms. The Morgan fingerprint density at radius 2 is 1.84 bits per heavy atom. The molecule has 2 atom stereocenters. The van der Waals surface area contributed by atoms with Gasteiger partial charge in [-0.2, -0.15) is 0 Å². The Labute approximate surface area is 115 Å². The highest BCUT2D eigenvalue weighted by atomic mass is 32.2. The van der Waals surface area contributed by atoms with Gasteiger partial charge in [0.2, 0.25) is 0 Å². The first kappa shape index (κ1) is 16.0. The predicted octanol–water partition coefficient (Wildman–Crippen LogP) is 3.63. The van der Waals surface area contributed by atoms with Crippen molar-refractivity contribution in [1.82, 2.24) is 4.72 Å². The molecule has 0 aliphatic carbocycles. The van der Waals surface area contributed by atoms with Crippen LogP contribution in [0.1, 0.15) is 38.8 Å². The summed E-state index contributed by atoms with van der Waals surface area (Å²) in [5, 5.41) is 0. The zero-order chi connectivity index (χ0) is 14.6. The maximum Gasteiger partial charge on any atom is 0.126 e. The summed E-state index contributed by atoms with van der Waals surface area (Å²) < 4.78 is 41.0. The quantitative estimate of drug-likeness (QED) is 0.823. The number of benzene rings is 1. The predicted molar refractivity (Wildman–Crippen MR) is 74.9 cm³/mol. The molecule has 0 unspecified atom stereocenters. The number of nitrogens with one attached hydrogen (secondary N) is 1. The molecule has 1 N–H and O–H groups in total. The fraction of sp³-hybridized carbons (Fsp3) is 0.429. The van der Waals surface area contributed by atoms with Crippen LogP contribution in [0.15, 0.2) is 30.9 Å². The highest BCUT2D eigenvalue weighted by Crippen LogP contribution is 2.22. The molecule has 0 fully saturated rings. The van der Waals surface area contributed by atoms with Crippen molar-refractivity contribution in [1.29, 1.82) is 0 Å². The summed E-state index contributed by atoms with van der Waals surface area (Å²) in [7, 11) is -1.33. The van der Waals surface area contributed by atoms with E-state index in [2.05, 4.69) is 11.3 Å². The second kappa shape index (κ2) is 6.39. The highest BCUT2D eigenvalue weighted by molar-refractivity contribution is 7.84. The average Bonchev–Trinajstić information content (AvgIpc) is 2.25. The minimum absolute atomic E-state index is 0.426. The van der Waals surface area contributed by atoms with Gasteiger partial charge in [-0.3, -0.25) is 0 Å². The maximum absolute atomic E-state index is 13.2. The second-order valence-electron chi connectivity index (χ2n) is 5.28. The van der Waals surface area contributed by atoms with Crippen LogP contribution in [0.4, 0.5) is 8.78 Å². The monoisotopic (exact) mass is 287 g/mol. The summed E-state index contributed by atoms with van der Waals surface area (Å²) in [5.41, 5.74) is 0.426. The van der Waals surface area contributed by atoms with Crippen LogP contribution >= 0.6 is 0 Å². The fourth-order valence-corrected chi connectivity index (χ4v) is 2.35. The van der Waals surface area contributed by atoms with E-state index in [0.717, 1.165) is 6.07 Å². The first-order valence-electron chi connectivity index (χ1n) is 5.99. The highest BCUT2D eigenvalue weighted by Gasteiger charge is 2.23. The van der Waals surface area contributed by atoms with Crippen LogP contribution in [0.3, 0.4) is 0 Å². The van der Waals surface area contributed by atoms with Crippen LogP contribution in [0.5, 0.6) is 0 Å². The number of rotatable bonds is 5. The van der Waals surface area contributed by atoms with Crippen molar-refractivity contribution in [3.63, 3.8) is 0 Å². The van der Waals surface area contributed by atoms with E-state index in [9.17, 15) is 13.0 Å². The molecule has 1 aromatic carbocycles. The molecule has 0 aromatic heterocycles. The maximum atomic E-state index is 13.2. The average molecular weight is 287 g/mol. The molecule has 0 spiro atoms. The standard InChI is InChI=1S/C14H19F2NOS/c1-5-6-13(17-19(18)14(2,3)4)10-7-11(15)9-12(16)8-10/h5,7-9,13,17H,1,6H2,2-4H3/t13-,19+/m0/s1. The molecule has 0 amide bonds. The summed E-state index contributed by atoms with van der Waals surface area (Å²) in [5.74, 6) is -1.29. The Morgan fingerprint density at radius 1 is 1.32 bits per heavy atom. The van der Waals surface area contributed by atoms with Gasteiger partial charge in [0.25, 0.3) is 0 Å². The van der Waals surface area contributed by atoms with Crippen molar-refractivity contribution in [2.75, 3.05) is 0 Å². The molecule has 0 radical (unpaired) electrons. The SMILES string of the molecule is C=CC[C@H](N[S@](=O)C(C)(C)C)c1cc(F)cc(F)c1. The zero-order valence-corrected chi connectivity index (χ0v) is 12.2. The van der Waals surface area contributed by atoms with Gasteiger partial charge in [0.1, 0.15) is 11.6 Å². The molecular weight excluding hydrogens is 268 g/mol. The summed E-state index contributed by atoms with van der Waals surface area (Å²) in [6, 6.07) is 2.87. The van der Waals surface area contributed by atoms with Crippen molar-refractivity contribution in [3.8, 4) is 0 Å².